The van der Waals surface area contributed by atoms with Gasteiger partial charge in [-0.1, -0.05) is 35.2 Å². The van der Waals surface area contributed by atoms with Crippen LogP contribution in [0.3, 0.4) is 0 Å². The molecule has 0 saturated carbocycles. The minimum Gasteiger partial charge on any atom is -0.299 e. The van der Waals surface area contributed by atoms with Crippen molar-refractivity contribution in [3.63, 3.8) is 0 Å². The maximum Gasteiger partial charge on any atom is 0.187 e. The molecule has 0 N–H and O–H groups in total. The summed E-state index contributed by atoms with van der Waals surface area (Å²) < 4.78 is 1.66. The van der Waals surface area contributed by atoms with Crippen molar-refractivity contribution in [1.82, 2.24) is 25.0 Å². The SMILES string of the molecule is CC(=O)CSc1ncnc2c1nnn2-c1ccccc1. The number of hydrogen-bond acceptors (Lipinski definition) is 6. The van der Waals surface area contributed by atoms with Crippen LogP contribution in [0.5, 0.6) is 0 Å². The third-order valence-corrected chi connectivity index (χ3v) is 3.74. The van der Waals surface area contributed by atoms with E-state index in [4.69, 9.17) is 0 Å². The molecule has 0 saturated heterocycles. The average molecular weight is 285 g/mol. The third kappa shape index (κ3) is 2.39. The van der Waals surface area contributed by atoms with Gasteiger partial charge in [0.1, 0.15) is 17.1 Å². The van der Waals surface area contributed by atoms with E-state index in [1.54, 1.807) is 11.6 Å². The van der Waals surface area contributed by atoms with Gasteiger partial charge in [-0.15, -0.1) is 5.10 Å². The molecule has 3 aromatic rings. The third-order valence-electron chi connectivity index (χ3n) is 2.62. The number of carbonyl (C=O) groups excluding carboxylic acids is 1. The zero-order valence-corrected chi connectivity index (χ0v) is 11.5. The Labute approximate surface area is 119 Å². The zero-order chi connectivity index (χ0) is 13.9. The van der Waals surface area contributed by atoms with Gasteiger partial charge >= 0.3 is 0 Å². The Morgan fingerprint density at radius 1 is 1.25 bits per heavy atom. The van der Waals surface area contributed by atoms with Crippen LogP contribution in [0.2, 0.25) is 0 Å². The van der Waals surface area contributed by atoms with Crippen molar-refractivity contribution < 1.29 is 4.79 Å². The highest BCUT2D eigenvalue weighted by Crippen LogP contribution is 2.23. The predicted octanol–water partition coefficient (Wildman–Crippen LogP) is 1.89. The molecule has 0 aliphatic carbocycles. The Kier molecular flexibility index (Phi) is 3.42. The Bertz CT molecular complexity index is 756. The van der Waals surface area contributed by atoms with E-state index >= 15 is 0 Å². The summed E-state index contributed by atoms with van der Waals surface area (Å²) in [7, 11) is 0. The van der Waals surface area contributed by atoms with Gasteiger partial charge in [0.2, 0.25) is 0 Å². The smallest absolute Gasteiger partial charge is 0.187 e. The van der Waals surface area contributed by atoms with Crippen molar-refractivity contribution in [2.75, 3.05) is 5.75 Å². The number of rotatable bonds is 4. The van der Waals surface area contributed by atoms with Crippen LogP contribution in [0.25, 0.3) is 16.9 Å². The molecular formula is C13H11N5OS. The summed E-state index contributed by atoms with van der Waals surface area (Å²) in [5, 5.41) is 8.92. The molecule has 0 radical (unpaired) electrons. The molecule has 7 heteroatoms. The second kappa shape index (κ2) is 5.38. The van der Waals surface area contributed by atoms with Crippen LogP contribution in [0.4, 0.5) is 0 Å². The fraction of sp³-hybridized carbons (Fsp3) is 0.154. The topological polar surface area (TPSA) is 73.6 Å². The van der Waals surface area contributed by atoms with E-state index in [2.05, 4.69) is 20.3 Å². The summed E-state index contributed by atoms with van der Waals surface area (Å²) in [6, 6.07) is 9.65. The lowest BCUT2D eigenvalue weighted by Gasteiger charge is -2.01. The fourth-order valence-corrected chi connectivity index (χ4v) is 2.48. The molecular weight excluding hydrogens is 274 g/mol. The lowest BCUT2D eigenvalue weighted by atomic mass is 10.3. The molecule has 0 aliphatic rings. The minimum absolute atomic E-state index is 0.0946. The van der Waals surface area contributed by atoms with Crippen molar-refractivity contribution in [1.29, 1.82) is 0 Å². The first-order chi connectivity index (χ1) is 9.75. The van der Waals surface area contributed by atoms with Crippen molar-refractivity contribution in [3.05, 3.63) is 36.7 Å². The largest absolute Gasteiger partial charge is 0.299 e. The van der Waals surface area contributed by atoms with E-state index in [-0.39, 0.29) is 5.78 Å². The van der Waals surface area contributed by atoms with Crippen LogP contribution in [0.1, 0.15) is 6.92 Å². The van der Waals surface area contributed by atoms with Gasteiger partial charge in [-0.25, -0.2) is 9.97 Å². The van der Waals surface area contributed by atoms with Gasteiger partial charge < -0.3 is 0 Å². The molecule has 0 spiro atoms. The molecule has 0 bridgehead atoms. The van der Waals surface area contributed by atoms with Gasteiger partial charge in [-0.05, 0) is 19.1 Å². The number of Topliss-reactive ketones (excluding diaryl/α,β-unsaturated/α-hetero) is 1. The van der Waals surface area contributed by atoms with Crippen LogP contribution in [0.15, 0.2) is 41.7 Å². The van der Waals surface area contributed by atoms with Crippen molar-refractivity contribution in [2.45, 2.75) is 11.9 Å². The van der Waals surface area contributed by atoms with Crippen LogP contribution in [0, 0.1) is 0 Å². The Hall–Kier alpha value is -2.28. The van der Waals surface area contributed by atoms with Crippen molar-refractivity contribution >= 4 is 28.7 Å². The lowest BCUT2D eigenvalue weighted by Crippen LogP contribution is -1.98. The molecule has 2 heterocycles. The summed E-state index contributed by atoms with van der Waals surface area (Å²) in [4.78, 5) is 19.5. The molecule has 6 nitrogen and oxygen atoms in total. The number of hydrogen-bond donors (Lipinski definition) is 0. The van der Waals surface area contributed by atoms with Gasteiger partial charge in [-0.3, -0.25) is 4.79 Å². The lowest BCUT2D eigenvalue weighted by molar-refractivity contribution is -0.114. The molecule has 2 aromatic heterocycles. The summed E-state index contributed by atoms with van der Waals surface area (Å²) >= 11 is 1.35. The van der Waals surface area contributed by atoms with E-state index in [9.17, 15) is 4.79 Å². The quantitative estimate of drug-likeness (QED) is 0.538. The van der Waals surface area contributed by atoms with E-state index in [1.165, 1.54) is 18.1 Å². The fourth-order valence-electron chi connectivity index (χ4n) is 1.75. The van der Waals surface area contributed by atoms with Crippen LogP contribution in [-0.4, -0.2) is 36.5 Å². The standard InChI is InChI=1S/C13H11N5OS/c1-9(19)7-20-13-11-12(14-8-15-13)18(17-16-11)10-5-3-2-4-6-10/h2-6,8H,7H2,1H3. The highest BCUT2D eigenvalue weighted by molar-refractivity contribution is 8.00. The maximum absolute atomic E-state index is 11.1. The number of fused-ring (bicyclic) bond motifs is 1. The average Bonchev–Trinajstić information content (AvgIpc) is 2.90. The molecule has 20 heavy (non-hydrogen) atoms. The number of nitrogens with zero attached hydrogens (tertiary/aromatic N) is 5. The summed E-state index contributed by atoms with van der Waals surface area (Å²) in [6.07, 6.45) is 1.47. The Morgan fingerprint density at radius 3 is 2.80 bits per heavy atom. The monoisotopic (exact) mass is 285 g/mol. The predicted molar refractivity (Wildman–Crippen MR) is 75.9 cm³/mol. The van der Waals surface area contributed by atoms with Gasteiger partial charge in [-0.2, -0.15) is 4.68 Å². The molecule has 0 atom stereocenters. The van der Waals surface area contributed by atoms with Crippen LogP contribution in [-0.2, 0) is 4.79 Å². The molecule has 0 unspecified atom stereocenters. The first kappa shape index (κ1) is 12.7. The van der Waals surface area contributed by atoms with E-state index in [1.807, 2.05) is 30.3 Å². The molecule has 100 valence electrons. The van der Waals surface area contributed by atoms with Crippen LogP contribution < -0.4 is 0 Å². The number of benzene rings is 1. The van der Waals surface area contributed by atoms with Crippen LogP contribution >= 0.6 is 11.8 Å². The summed E-state index contributed by atoms with van der Waals surface area (Å²) in [5.74, 6) is 0.460. The maximum atomic E-state index is 11.1. The second-order valence-electron chi connectivity index (χ2n) is 4.18. The number of para-hydroxylation sites is 1. The van der Waals surface area contributed by atoms with Crippen molar-refractivity contribution in [3.8, 4) is 5.69 Å². The number of aromatic nitrogens is 5. The van der Waals surface area contributed by atoms with Gasteiger partial charge in [0.05, 0.1) is 11.4 Å². The zero-order valence-electron chi connectivity index (χ0n) is 10.7. The molecule has 0 fully saturated rings. The molecule has 0 amide bonds. The van der Waals surface area contributed by atoms with Gasteiger partial charge in [0, 0.05) is 0 Å². The van der Waals surface area contributed by atoms with Gasteiger partial charge in [0.25, 0.3) is 0 Å². The highest BCUT2D eigenvalue weighted by Gasteiger charge is 2.13. The van der Waals surface area contributed by atoms with E-state index in [0.717, 1.165) is 5.69 Å². The molecule has 3 rings (SSSR count). The first-order valence-corrected chi connectivity index (χ1v) is 6.98. The first-order valence-electron chi connectivity index (χ1n) is 6.00. The summed E-state index contributed by atoms with van der Waals surface area (Å²) in [5.41, 5.74) is 2.14. The number of ketones is 1. The summed E-state index contributed by atoms with van der Waals surface area (Å²) in [6.45, 7) is 1.55. The minimum atomic E-state index is 0.0946. The Balaban J connectivity index is 2.06. The van der Waals surface area contributed by atoms with Crippen molar-refractivity contribution in [2.24, 2.45) is 0 Å². The second-order valence-corrected chi connectivity index (χ2v) is 5.14. The van der Waals surface area contributed by atoms with Gasteiger partial charge in [0.15, 0.2) is 11.2 Å². The van der Waals surface area contributed by atoms with E-state index < -0.39 is 0 Å². The molecule has 0 aliphatic heterocycles. The normalized spacial score (nSPS) is 10.8. The number of thioether (sulfide) groups is 1. The molecule has 1 aromatic carbocycles. The Morgan fingerprint density at radius 2 is 2.05 bits per heavy atom. The highest BCUT2D eigenvalue weighted by atomic mass is 32.2. The number of carbonyl (C=O) groups is 1. The van der Waals surface area contributed by atoms with E-state index in [0.29, 0.717) is 21.9 Å².